The van der Waals surface area contributed by atoms with Gasteiger partial charge in [0.15, 0.2) is 5.65 Å². The van der Waals surface area contributed by atoms with Gasteiger partial charge in [-0.3, -0.25) is 0 Å². The van der Waals surface area contributed by atoms with Gasteiger partial charge in [-0.05, 0) is 25.7 Å². The summed E-state index contributed by atoms with van der Waals surface area (Å²) in [6.07, 6.45) is 5.20. The van der Waals surface area contributed by atoms with Crippen LogP contribution in [0.15, 0.2) is 12.4 Å². The SMILES string of the molecule is Cn1cnc2c(N)cc(NC3CCC(O)CC3)nc21. The van der Waals surface area contributed by atoms with Crippen molar-refractivity contribution in [2.75, 3.05) is 11.1 Å². The van der Waals surface area contributed by atoms with Crippen molar-refractivity contribution < 1.29 is 5.11 Å². The zero-order valence-electron chi connectivity index (χ0n) is 11.0. The second kappa shape index (κ2) is 4.70. The number of hydrogen-bond donors (Lipinski definition) is 3. The van der Waals surface area contributed by atoms with Crippen LogP contribution >= 0.6 is 0 Å². The monoisotopic (exact) mass is 261 g/mol. The van der Waals surface area contributed by atoms with E-state index in [4.69, 9.17) is 5.73 Å². The van der Waals surface area contributed by atoms with E-state index in [-0.39, 0.29) is 6.10 Å². The van der Waals surface area contributed by atoms with Crippen LogP contribution in [0.3, 0.4) is 0 Å². The van der Waals surface area contributed by atoms with Gasteiger partial charge >= 0.3 is 0 Å². The van der Waals surface area contributed by atoms with Crippen LogP contribution in [-0.4, -0.2) is 31.8 Å². The number of aryl methyl sites for hydroxylation is 1. The molecule has 6 heteroatoms. The molecular formula is C13H19N5O. The molecule has 6 nitrogen and oxygen atoms in total. The van der Waals surface area contributed by atoms with Crippen molar-refractivity contribution >= 4 is 22.7 Å². The zero-order valence-corrected chi connectivity index (χ0v) is 11.0. The predicted molar refractivity (Wildman–Crippen MR) is 74.8 cm³/mol. The van der Waals surface area contributed by atoms with Crippen LogP contribution in [0.4, 0.5) is 11.5 Å². The van der Waals surface area contributed by atoms with Gasteiger partial charge < -0.3 is 20.7 Å². The Labute approximate surface area is 111 Å². The molecule has 2 aromatic heterocycles. The van der Waals surface area contributed by atoms with Gasteiger partial charge in [0, 0.05) is 19.2 Å². The van der Waals surface area contributed by atoms with Gasteiger partial charge in [0.1, 0.15) is 11.3 Å². The lowest BCUT2D eigenvalue weighted by Gasteiger charge is -2.26. The third kappa shape index (κ3) is 2.35. The molecule has 2 aromatic rings. The summed E-state index contributed by atoms with van der Waals surface area (Å²) in [5.74, 6) is 0.787. The van der Waals surface area contributed by atoms with Crippen LogP contribution < -0.4 is 11.1 Å². The zero-order chi connectivity index (χ0) is 13.4. The largest absolute Gasteiger partial charge is 0.397 e. The van der Waals surface area contributed by atoms with E-state index < -0.39 is 0 Å². The van der Waals surface area contributed by atoms with E-state index in [2.05, 4.69) is 15.3 Å². The van der Waals surface area contributed by atoms with E-state index in [1.165, 1.54) is 0 Å². The van der Waals surface area contributed by atoms with Crippen LogP contribution in [0, 0.1) is 0 Å². The van der Waals surface area contributed by atoms with Crippen molar-refractivity contribution in [1.29, 1.82) is 0 Å². The van der Waals surface area contributed by atoms with Crippen molar-refractivity contribution in [3.05, 3.63) is 12.4 Å². The molecule has 0 aromatic carbocycles. The Kier molecular flexibility index (Phi) is 3.02. The van der Waals surface area contributed by atoms with Crippen LogP contribution in [0.25, 0.3) is 11.2 Å². The Morgan fingerprint density at radius 3 is 2.84 bits per heavy atom. The normalized spacial score (nSPS) is 23.7. The number of nitrogen functional groups attached to an aromatic ring is 1. The van der Waals surface area contributed by atoms with Gasteiger partial charge in [0.05, 0.1) is 18.1 Å². The number of aliphatic hydroxyl groups excluding tert-OH is 1. The van der Waals surface area contributed by atoms with Gasteiger partial charge in [-0.25, -0.2) is 9.97 Å². The molecule has 0 aliphatic heterocycles. The molecule has 0 unspecified atom stereocenters. The summed E-state index contributed by atoms with van der Waals surface area (Å²) >= 11 is 0. The lowest BCUT2D eigenvalue weighted by molar-refractivity contribution is 0.126. The molecule has 0 amide bonds. The minimum atomic E-state index is -0.143. The number of aromatic nitrogens is 3. The predicted octanol–water partition coefficient (Wildman–Crippen LogP) is 1.27. The topological polar surface area (TPSA) is 89.0 Å². The molecule has 4 N–H and O–H groups in total. The lowest BCUT2D eigenvalue weighted by Crippen LogP contribution is -2.28. The summed E-state index contributed by atoms with van der Waals surface area (Å²) in [5.41, 5.74) is 8.18. The van der Waals surface area contributed by atoms with Gasteiger partial charge in [0.25, 0.3) is 0 Å². The molecule has 0 spiro atoms. The molecule has 0 atom stereocenters. The highest BCUT2D eigenvalue weighted by molar-refractivity contribution is 5.86. The van der Waals surface area contributed by atoms with Crippen LogP contribution in [0.5, 0.6) is 0 Å². The maximum atomic E-state index is 9.51. The molecular weight excluding hydrogens is 242 g/mol. The number of nitrogens with two attached hydrogens (primary N) is 1. The minimum absolute atomic E-state index is 0.143. The highest BCUT2D eigenvalue weighted by atomic mass is 16.3. The van der Waals surface area contributed by atoms with Crippen LogP contribution in [0.2, 0.25) is 0 Å². The van der Waals surface area contributed by atoms with Crippen molar-refractivity contribution in [2.45, 2.75) is 37.8 Å². The van der Waals surface area contributed by atoms with E-state index in [1.807, 2.05) is 17.7 Å². The third-order valence-electron chi connectivity index (χ3n) is 3.75. The molecule has 1 aliphatic carbocycles. The number of pyridine rings is 1. The first kappa shape index (κ1) is 12.2. The van der Waals surface area contributed by atoms with Gasteiger partial charge in [-0.15, -0.1) is 0 Å². The Morgan fingerprint density at radius 2 is 2.11 bits per heavy atom. The van der Waals surface area contributed by atoms with Crippen molar-refractivity contribution in [3.8, 4) is 0 Å². The maximum Gasteiger partial charge on any atom is 0.164 e. The van der Waals surface area contributed by atoms with Crippen molar-refractivity contribution in [3.63, 3.8) is 0 Å². The summed E-state index contributed by atoms with van der Waals surface area (Å²) in [5, 5.41) is 12.9. The maximum absolute atomic E-state index is 9.51. The Bertz CT molecular complexity index is 586. The quantitative estimate of drug-likeness (QED) is 0.757. The standard InChI is InChI=1S/C13H19N5O/c1-18-7-15-12-10(14)6-11(17-13(12)18)16-8-2-4-9(19)5-3-8/h6-9,19H,2-5H2,1H3,(H3,14,16,17). The first-order valence-electron chi connectivity index (χ1n) is 6.65. The molecule has 1 fully saturated rings. The van der Waals surface area contributed by atoms with Crippen molar-refractivity contribution in [2.24, 2.45) is 7.05 Å². The summed E-state index contributed by atoms with van der Waals surface area (Å²) in [6.45, 7) is 0. The molecule has 0 saturated heterocycles. The molecule has 3 rings (SSSR count). The number of nitrogens with one attached hydrogen (secondary N) is 1. The van der Waals surface area contributed by atoms with E-state index in [0.29, 0.717) is 11.7 Å². The molecule has 19 heavy (non-hydrogen) atoms. The summed E-state index contributed by atoms with van der Waals surface area (Å²) in [4.78, 5) is 8.79. The number of nitrogens with zero attached hydrogens (tertiary/aromatic N) is 3. The third-order valence-corrected chi connectivity index (χ3v) is 3.75. The van der Waals surface area contributed by atoms with Gasteiger partial charge in [-0.1, -0.05) is 0 Å². The average molecular weight is 261 g/mol. The fourth-order valence-electron chi connectivity index (χ4n) is 2.62. The lowest BCUT2D eigenvalue weighted by atomic mass is 9.93. The Morgan fingerprint density at radius 1 is 1.37 bits per heavy atom. The van der Waals surface area contributed by atoms with E-state index in [9.17, 15) is 5.11 Å². The summed E-state index contributed by atoms with van der Waals surface area (Å²) < 4.78 is 1.86. The van der Waals surface area contributed by atoms with Gasteiger partial charge in [-0.2, -0.15) is 0 Å². The fraction of sp³-hybridized carbons (Fsp3) is 0.538. The van der Waals surface area contributed by atoms with Crippen LogP contribution in [0.1, 0.15) is 25.7 Å². The Balaban J connectivity index is 1.83. The first-order valence-corrected chi connectivity index (χ1v) is 6.65. The van der Waals surface area contributed by atoms with E-state index in [0.717, 1.165) is 42.7 Å². The van der Waals surface area contributed by atoms with E-state index in [1.54, 1.807) is 6.33 Å². The fourth-order valence-corrected chi connectivity index (χ4v) is 2.62. The second-order valence-electron chi connectivity index (χ2n) is 5.27. The number of anilines is 2. The van der Waals surface area contributed by atoms with E-state index >= 15 is 0 Å². The average Bonchev–Trinajstić information content (AvgIpc) is 2.75. The summed E-state index contributed by atoms with van der Waals surface area (Å²) in [6, 6.07) is 2.20. The molecule has 1 saturated carbocycles. The van der Waals surface area contributed by atoms with Crippen LogP contribution in [-0.2, 0) is 7.05 Å². The highest BCUT2D eigenvalue weighted by Crippen LogP contribution is 2.25. The summed E-state index contributed by atoms with van der Waals surface area (Å²) in [7, 11) is 1.91. The number of aliphatic hydroxyl groups is 1. The molecule has 1 aliphatic rings. The number of rotatable bonds is 2. The molecule has 0 radical (unpaired) electrons. The molecule has 2 heterocycles. The highest BCUT2D eigenvalue weighted by Gasteiger charge is 2.20. The molecule has 102 valence electrons. The van der Waals surface area contributed by atoms with Gasteiger partial charge in [0.2, 0.25) is 0 Å². The van der Waals surface area contributed by atoms with Crippen molar-refractivity contribution in [1.82, 2.24) is 14.5 Å². The number of fused-ring (bicyclic) bond motifs is 1. The number of hydrogen-bond acceptors (Lipinski definition) is 5. The number of imidazole rings is 1. The second-order valence-corrected chi connectivity index (χ2v) is 5.27. The molecule has 0 bridgehead atoms. The Hall–Kier alpha value is -1.82. The smallest absolute Gasteiger partial charge is 0.164 e. The first-order chi connectivity index (χ1) is 9.13. The minimum Gasteiger partial charge on any atom is -0.397 e.